The van der Waals surface area contributed by atoms with Gasteiger partial charge in [0.05, 0.1) is 18.6 Å². The van der Waals surface area contributed by atoms with Gasteiger partial charge in [-0.2, -0.15) is 4.98 Å². The van der Waals surface area contributed by atoms with Crippen LogP contribution < -0.4 is 0 Å². The maximum absolute atomic E-state index is 12.8. The van der Waals surface area contributed by atoms with Gasteiger partial charge in [0, 0.05) is 33.3 Å². The number of methoxy groups -OCH3 is 1. The third-order valence-corrected chi connectivity index (χ3v) is 5.23. The summed E-state index contributed by atoms with van der Waals surface area (Å²) in [5, 5.41) is 3.85. The van der Waals surface area contributed by atoms with E-state index in [1.54, 1.807) is 12.0 Å². The van der Waals surface area contributed by atoms with Crippen molar-refractivity contribution in [2.45, 2.75) is 51.9 Å². The first-order chi connectivity index (χ1) is 13.0. The van der Waals surface area contributed by atoms with Gasteiger partial charge in [-0.15, -0.1) is 0 Å². The molecule has 1 spiro atoms. The lowest BCUT2D eigenvalue weighted by Gasteiger charge is -2.40. The molecule has 2 aliphatic heterocycles. The van der Waals surface area contributed by atoms with E-state index < -0.39 is 0 Å². The molecule has 3 heterocycles. The lowest BCUT2D eigenvalue weighted by Crippen LogP contribution is -2.47. The standard InChI is InChI=1S/C19H30N4O4/c1-15(2)4-7-22-8-5-19(6-9-22)12-18(24)23(10-11-26-19)13-17-20-16(14-25-3)21-27-17/h4H,5-14H2,1-3H3. The van der Waals surface area contributed by atoms with E-state index in [0.717, 1.165) is 32.5 Å². The molecule has 2 aliphatic rings. The van der Waals surface area contributed by atoms with E-state index in [2.05, 4.69) is 35.0 Å². The quantitative estimate of drug-likeness (QED) is 0.698. The van der Waals surface area contributed by atoms with Gasteiger partial charge >= 0.3 is 0 Å². The number of rotatable bonds is 6. The fraction of sp³-hybridized carbons (Fsp3) is 0.737. The number of ether oxygens (including phenoxy) is 2. The van der Waals surface area contributed by atoms with E-state index >= 15 is 0 Å². The lowest BCUT2D eigenvalue weighted by atomic mass is 9.87. The van der Waals surface area contributed by atoms with Crippen LogP contribution in [-0.4, -0.2) is 71.3 Å². The second kappa shape index (κ2) is 8.95. The first-order valence-electron chi connectivity index (χ1n) is 9.57. The zero-order valence-corrected chi connectivity index (χ0v) is 16.6. The van der Waals surface area contributed by atoms with Crippen molar-refractivity contribution in [2.24, 2.45) is 0 Å². The van der Waals surface area contributed by atoms with Crippen LogP contribution in [0.1, 0.15) is 44.8 Å². The van der Waals surface area contributed by atoms with Crippen molar-refractivity contribution in [2.75, 3.05) is 39.9 Å². The molecule has 1 aromatic rings. The third kappa shape index (κ3) is 5.37. The molecule has 27 heavy (non-hydrogen) atoms. The maximum atomic E-state index is 12.8. The van der Waals surface area contributed by atoms with Gasteiger partial charge in [0.2, 0.25) is 11.8 Å². The summed E-state index contributed by atoms with van der Waals surface area (Å²) in [7, 11) is 1.58. The highest BCUT2D eigenvalue weighted by atomic mass is 16.5. The van der Waals surface area contributed by atoms with Crippen molar-refractivity contribution in [1.82, 2.24) is 19.9 Å². The van der Waals surface area contributed by atoms with Crippen molar-refractivity contribution in [3.8, 4) is 0 Å². The molecule has 0 N–H and O–H groups in total. The van der Waals surface area contributed by atoms with Crippen molar-refractivity contribution < 1.29 is 18.8 Å². The van der Waals surface area contributed by atoms with Gasteiger partial charge < -0.3 is 18.9 Å². The third-order valence-electron chi connectivity index (χ3n) is 5.23. The van der Waals surface area contributed by atoms with E-state index in [0.29, 0.717) is 44.4 Å². The minimum Gasteiger partial charge on any atom is -0.377 e. The van der Waals surface area contributed by atoms with Crippen LogP contribution in [0.4, 0.5) is 0 Å². The zero-order valence-electron chi connectivity index (χ0n) is 16.6. The second-order valence-corrected chi connectivity index (χ2v) is 7.64. The summed E-state index contributed by atoms with van der Waals surface area (Å²) in [6.45, 7) is 8.84. The van der Waals surface area contributed by atoms with Gasteiger partial charge in [-0.25, -0.2) is 0 Å². The first-order valence-corrected chi connectivity index (χ1v) is 9.57. The molecule has 3 rings (SSSR count). The fourth-order valence-corrected chi connectivity index (χ4v) is 3.58. The Hall–Kier alpha value is -1.77. The number of nitrogens with zero attached hydrogens (tertiary/aromatic N) is 4. The summed E-state index contributed by atoms with van der Waals surface area (Å²) in [4.78, 5) is 21.3. The van der Waals surface area contributed by atoms with Crippen molar-refractivity contribution in [3.63, 3.8) is 0 Å². The van der Waals surface area contributed by atoms with Gasteiger partial charge in [0.15, 0.2) is 5.82 Å². The minimum atomic E-state index is -0.330. The highest BCUT2D eigenvalue weighted by Crippen LogP contribution is 2.32. The molecule has 0 aromatic carbocycles. The van der Waals surface area contributed by atoms with Crippen LogP contribution in [0.3, 0.4) is 0 Å². The summed E-state index contributed by atoms with van der Waals surface area (Å²) < 4.78 is 16.4. The Bertz CT molecular complexity index is 660. The minimum absolute atomic E-state index is 0.0942. The lowest BCUT2D eigenvalue weighted by molar-refractivity contribution is -0.136. The molecular weight excluding hydrogens is 348 g/mol. The van der Waals surface area contributed by atoms with E-state index in [1.807, 2.05) is 0 Å². The summed E-state index contributed by atoms with van der Waals surface area (Å²) in [6, 6.07) is 0. The highest BCUT2D eigenvalue weighted by molar-refractivity contribution is 5.77. The molecule has 0 aliphatic carbocycles. The number of carbonyl (C=O) groups excluding carboxylic acids is 1. The highest BCUT2D eigenvalue weighted by Gasteiger charge is 2.40. The topological polar surface area (TPSA) is 80.9 Å². The predicted molar refractivity (Wildman–Crippen MR) is 98.8 cm³/mol. The zero-order chi connectivity index (χ0) is 19.3. The number of aromatic nitrogens is 2. The molecule has 0 unspecified atom stereocenters. The van der Waals surface area contributed by atoms with Crippen LogP contribution in [0.5, 0.6) is 0 Å². The molecule has 1 aromatic heterocycles. The summed E-state index contributed by atoms with van der Waals surface area (Å²) in [6.07, 6.45) is 4.45. The molecule has 2 fully saturated rings. The summed E-state index contributed by atoms with van der Waals surface area (Å²) in [5.41, 5.74) is 1.00. The Morgan fingerprint density at radius 3 is 2.78 bits per heavy atom. The van der Waals surface area contributed by atoms with E-state index in [4.69, 9.17) is 14.0 Å². The molecule has 0 bridgehead atoms. The number of amides is 1. The van der Waals surface area contributed by atoms with Gasteiger partial charge in [0.25, 0.3) is 0 Å². The number of carbonyl (C=O) groups is 1. The Labute approximate surface area is 160 Å². The van der Waals surface area contributed by atoms with Crippen LogP contribution in [0.25, 0.3) is 0 Å². The molecule has 2 saturated heterocycles. The molecule has 8 heteroatoms. The van der Waals surface area contributed by atoms with E-state index in [9.17, 15) is 4.79 Å². The van der Waals surface area contributed by atoms with Crippen molar-refractivity contribution >= 4 is 5.91 Å². The Balaban J connectivity index is 1.55. The number of piperidine rings is 1. The molecular formula is C19H30N4O4. The largest absolute Gasteiger partial charge is 0.377 e. The Morgan fingerprint density at radius 2 is 2.07 bits per heavy atom. The van der Waals surface area contributed by atoms with Crippen molar-refractivity contribution in [3.05, 3.63) is 23.4 Å². The number of likely N-dealkylation sites (tertiary alicyclic amines) is 1. The van der Waals surface area contributed by atoms with Crippen LogP contribution in [0.15, 0.2) is 16.2 Å². The average molecular weight is 378 g/mol. The van der Waals surface area contributed by atoms with Crippen LogP contribution in [-0.2, 0) is 27.4 Å². The van der Waals surface area contributed by atoms with Gasteiger partial charge in [-0.1, -0.05) is 16.8 Å². The van der Waals surface area contributed by atoms with Crippen LogP contribution in [0.2, 0.25) is 0 Å². The van der Waals surface area contributed by atoms with Gasteiger partial charge in [-0.3, -0.25) is 9.69 Å². The second-order valence-electron chi connectivity index (χ2n) is 7.64. The number of hydrogen-bond acceptors (Lipinski definition) is 7. The molecule has 150 valence electrons. The van der Waals surface area contributed by atoms with Gasteiger partial charge in [0.1, 0.15) is 13.2 Å². The van der Waals surface area contributed by atoms with Gasteiger partial charge in [-0.05, 0) is 26.7 Å². The molecule has 0 atom stereocenters. The summed E-state index contributed by atoms with van der Waals surface area (Å²) >= 11 is 0. The van der Waals surface area contributed by atoms with E-state index in [-0.39, 0.29) is 11.5 Å². The number of allylic oxidation sites excluding steroid dienone is 1. The average Bonchev–Trinajstić information content (AvgIpc) is 3.01. The Kier molecular flexibility index (Phi) is 6.62. The molecule has 1 amide bonds. The SMILES string of the molecule is COCc1noc(CN2CCOC3(CCN(CC=C(C)C)CC3)CC2=O)n1. The Morgan fingerprint density at radius 1 is 1.30 bits per heavy atom. The molecule has 0 radical (unpaired) electrons. The smallest absolute Gasteiger partial charge is 0.246 e. The van der Waals surface area contributed by atoms with Crippen LogP contribution in [0, 0.1) is 0 Å². The molecule has 0 saturated carbocycles. The predicted octanol–water partition coefficient (Wildman–Crippen LogP) is 1.77. The van der Waals surface area contributed by atoms with Crippen LogP contribution >= 0.6 is 0 Å². The summed E-state index contributed by atoms with van der Waals surface area (Å²) in [5.74, 6) is 1.02. The van der Waals surface area contributed by atoms with Crippen molar-refractivity contribution in [1.29, 1.82) is 0 Å². The number of hydrogen-bond donors (Lipinski definition) is 0. The first kappa shape index (κ1) is 20.0. The fourth-order valence-electron chi connectivity index (χ4n) is 3.58. The van der Waals surface area contributed by atoms with E-state index in [1.165, 1.54) is 5.57 Å². The maximum Gasteiger partial charge on any atom is 0.246 e. The normalized spacial score (nSPS) is 20.7. The molecule has 8 nitrogen and oxygen atoms in total. The monoisotopic (exact) mass is 378 g/mol.